The zero-order valence-corrected chi connectivity index (χ0v) is 12.3. The van der Waals surface area contributed by atoms with Crippen molar-refractivity contribution in [2.24, 2.45) is 0 Å². The molecule has 0 saturated carbocycles. The monoisotopic (exact) mass is 275 g/mol. The van der Waals surface area contributed by atoms with Crippen molar-refractivity contribution in [3.63, 3.8) is 0 Å². The summed E-state index contributed by atoms with van der Waals surface area (Å²) in [6, 6.07) is 8.42. The van der Waals surface area contributed by atoms with Crippen LogP contribution in [0.4, 0.5) is 5.82 Å². The summed E-state index contributed by atoms with van der Waals surface area (Å²) < 4.78 is 0. The van der Waals surface area contributed by atoms with Crippen molar-refractivity contribution >= 4 is 17.4 Å². The number of aromatic nitrogens is 2. The second-order valence-electron chi connectivity index (χ2n) is 4.51. The largest absolute Gasteiger partial charge is 0.366 e. The van der Waals surface area contributed by atoms with Gasteiger partial charge < -0.3 is 5.32 Å². The van der Waals surface area contributed by atoms with Gasteiger partial charge in [0, 0.05) is 12.1 Å². The molecule has 4 heteroatoms. The molecule has 2 aromatic rings. The smallest absolute Gasteiger partial charge is 0.137 e. The Labute approximate surface area is 119 Å². The van der Waals surface area contributed by atoms with Gasteiger partial charge in [-0.15, -0.1) is 0 Å². The van der Waals surface area contributed by atoms with E-state index in [1.807, 2.05) is 13.8 Å². The Morgan fingerprint density at radius 2 is 1.79 bits per heavy atom. The highest BCUT2D eigenvalue weighted by Gasteiger charge is 2.07. The highest BCUT2D eigenvalue weighted by atomic mass is 35.5. The maximum absolute atomic E-state index is 6.07. The number of rotatable bonds is 4. The number of nitrogens with zero attached hydrogens (tertiary/aromatic N) is 2. The average molecular weight is 276 g/mol. The average Bonchev–Trinajstić information content (AvgIpc) is 2.41. The maximum Gasteiger partial charge on any atom is 0.137 e. The van der Waals surface area contributed by atoms with Crippen molar-refractivity contribution in [1.82, 2.24) is 9.97 Å². The second kappa shape index (κ2) is 6.02. The van der Waals surface area contributed by atoms with Crippen LogP contribution in [0.25, 0.3) is 0 Å². The van der Waals surface area contributed by atoms with E-state index in [1.165, 1.54) is 11.1 Å². The van der Waals surface area contributed by atoms with Gasteiger partial charge in [0.2, 0.25) is 0 Å². The van der Waals surface area contributed by atoms with E-state index in [0.29, 0.717) is 11.0 Å². The Hall–Kier alpha value is -1.61. The van der Waals surface area contributed by atoms with Crippen LogP contribution in [0.15, 0.2) is 24.3 Å². The predicted molar refractivity (Wildman–Crippen MR) is 79.7 cm³/mol. The molecule has 0 unspecified atom stereocenters. The van der Waals surface area contributed by atoms with Gasteiger partial charge in [-0.25, -0.2) is 9.97 Å². The molecular weight excluding hydrogens is 258 g/mol. The molecule has 100 valence electrons. The van der Waals surface area contributed by atoms with E-state index in [2.05, 4.69) is 46.5 Å². The van der Waals surface area contributed by atoms with E-state index < -0.39 is 0 Å². The van der Waals surface area contributed by atoms with Gasteiger partial charge in [0.15, 0.2) is 0 Å². The number of anilines is 1. The van der Waals surface area contributed by atoms with Crippen LogP contribution in [-0.2, 0) is 13.0 Å². The summed E-state index contributed by atoms with van der Waals surface area (Å²) in [5.74, 6) is 1.49. The highest BCUT2D eigenvalue weighted by molar-refractivity contribution is 6.30. The maximum atomic E-state index is 6.07. The zero-order chi connectivity index (χ0) is 13.8. The number of halogens is 1. The Morgan fingerprint density at radius 1 is 1.11 bits per heavy atom. The number of hydrogen-bond donors (Lipinski definition) is 1. The van der Waals surface area contributed by atoms with Gasteiger partial charge >= 0.3 is 0 Å². The van der Waals surface area contributed by atoms with Crippen molar-refractivity contribution in [2.45, 2.75) is 33.7 Å². The Morgan fingerprint density at radius 3 is 2.47 bits per heavy atom. The lowest BCUT2D eigenvalue weighted by Gasteiger charge is -2.12. The third-order valence-corrected chi connectivity index (χ3v) is 3.51. The first-order valence-corrected chi connectivity index (χ1v) is 6.81. The second-order valence-corrected chi connectivity index (χ2v) is 4.87. The van der Waals surface area contributed by atoms with Gasteiger partial charge in [0.05, 0.1) is 0 Å². The first-order chi connectivity index (χ1) is 9.11. The molecule has 0 aliphatic rings. The normalized spacial score (nSPS) is 10.5. The van der Waals surface area contributed by atoms with Crippen LogP contribution in [-0.4, -0.2) is 9.97 Å². The fourth-order valence-electron chi connectivity index (χ4n) is 2.02. The quantitative estimate of drug-likeness (QED) is 0.860. The van der Waals surface area contributed by atoms with Crippen molar-refractivity contribution in [1.29, 1.82) is 0 Å². The van der Waals surface area contributed by atoms with Crippen LogP contribution in [0.3, 0.4) is 0 Å². The Kier molecular flexibility index (Phi) is 4.38. The SMILES string of the molecule is CCc1ccccc1CNc1nc(C)nc(Cl)c1C. The lowest BCUT2D eigenvalue weighted by Crippen LogP contribution is -2.07. The van der Waals surface area contributed by atoms with Crippen LogP contribution < -0.4 is 5.32 Å². The molecule has 2 rings (SSSR count). The topological polar surface area (TPSA) is 37.8 Å². The van der Waals surface area contributed by atoms with Crippen LogP contribution in [0, 0.1) is 13.8 Å². The molecular formula is C15H18ClN3. The standard InChI is InChI=1S/C15H18ClN3/c1-4-12-7-5-6-8-13(12)9-17-15-10(2)14(16)18-11(3)19-15/h5-8H,4,9H2,1-3H3,(H,17,18,19). The number of hydrogen-bond acceptors (Lipinski definition) is 3. The third kappa shape index (κ3) is 3.24. The van der Waals surface area contributed by atoms with Crippen molar-refractivity contribution < 1.29 is 0 Å². The van der Waals surface area contributed by atoms with E-state index in [-0.39, 0.29) is 0 Å². The van der Waals surface area contributed by atoms with E-state index in [9.17, 15) is 0 Å². The molecule has 0 bridgehead atoms. The lowest BCUT2D eigenvalue weighted by atomic mass is 10.1. The van der Waals surface area contributed by atoms with Crippen LogP contribution >= 0.6 is 11.6 Å². The van der Waals surface area contributed by atoms with E-state index >= 15 is 0 Å². The van der Waals surface area contributed by atoms with Gasteiger partial charge in [-0.2, -0.15) is 0 Å². The van der Waals surface area contributed by atoms with Crippen molar-refractivity contribution in [3.05, 3.63) is 51.9 Å². The first kappa shape index (κ1) is 13.8. The van der Waals surface area contributed by atoms with E-state index in [1.54, 1.807) is 0 Å². The van der Waals surface area contributed by atoms with E-state index in [4.69, 9.17) is 11.6 Å². The van der Waals surface area contributed by atoms with E-state index in [0.717, 1.165) is 24.3 Å². The first-order valence-electron chi connectivity index (χ1n) is 6.43. The molecule has 0 saturated heterocycles. The molecule has 0 fully saturated rings. The molecule has 0 aliphatic carbocycles. The molecule has 19 heavy (non-hydrogen) atoms. The Balaban J connectivity index is 2.19. The summed E-state index contributed by atoms with van der Waals surface area (Å²) in [7, 11) is 0. The lowest BCUT2D eigenvalue weighted by molar-refractivity contribution is 0.988. The highest BCUT2D eigenvalue weighted by Crippen LogP contribution is 2.20. The molecule has 0 radical (unpaired) electrons. The summed E-state index contributed by atoms with van der Waals surface area (Å²) >= 11 is 6.07. The van der Waals surface area contributed by atoms with Gasteiger partial charge in [0.25, 0.3) is 0 Å². The van der Waals surface area contributed by atoms with Gasteiger partial charge in [0.1, 0.15) is 16.8 Å². The third-order valence-electron chi connectivity index (χ3n) is 3.14. The minimum atomic E-state index is 0.513. The molecule has 1 aromatic carbocycles. The molecule has 0 atom stereocenters. The fraction of sp³-hybridized carbons (Fsp3) is 0.333. The molecule has 1 heterocycles. The van der Waals surface area contributed by atoms with Crippen LogP contribution in [0.1, 0.15) is 29.4 Å². The molecule has 0 aliphatic heterocycles. The summed E-state index contributed by atoms with van der Waals surface area (Å²) in [5.41, 5.74) is 3.53. The fourth-order valence-corrected chi connectivity index (χ4v) is 2.23. The van der Waals surface area contributed by atoms with Gasteiger partial charge in [-0.1, -0.05) is 42.8 Å². The molecule has 1 N–H and O–H groups in total. The number of benzene rings is 1. The van der Waals surface area contributed by atoms with Crippen molar-refractivity contribution in [2.75, 3.05) is 5.32 Å². The minimum Gasteiger partial charge on any atom is -0.366 e. The zero-order valence-electron chi connectivity index (χ0n) is 11.5. The number of aryl methyl sites for hydroxylation is 2. The summed E-state index contributed by atoms with van der Waals surface area (Å²) in [6.07, 6.45) is 1.03. The van der Waals surface area contributed by atoms with Gasteiger partial charge in [-0.3, -0.25) is 0 Å². The summed E-state index contributed by atoms with van der Waals surface area (Å²) in [4.78, 5) is 8.53. The molecule has 1 aromatic heterocycles. The Bertz CT molecular complexity index is 582. The predicted octanol–water partition coefficient (Wildman–Crippen LogP) is 3.92. The van der Waals surface area contributed by atoms with Gasteiger partial charge in [-0.05, 0) is 31.4 Å². The van der Waals surface area contributed by atoms with Crippen LogP contribution in [0.5, 0.6) is 0 Å². The molecule has 0 amide bonds. The minimum absolute atomic E-state index is 0.513. The van der Waals surface area contributed by atoms with Crippen molar-refractivity contribution in [3.8, 4) is 0 Å². The molecule has 0 spiro atoms. The summed E-state index contributed by atoms with van der Waals surface area (Å²) in [6.45, 7) is 6.68. The summed E-state index contributed by atoms with van der Waals surface area (Å²) in [5, 5.41) is 3.86. The van der Waals surface area contributed by atoms with Crippen LogP contribution in [0.2, 0.25) is 5.15 Å². The number of nitrogens with one attached hydrogen (secondary N) is 1. The molecule has 3 nitrogen and oxygen atoms in total.